The fourth-order valence-corrected chi connectivity index (χ4v) is 3.08. The smallest absolute Gasteiger partial charge is 0.121 e. The standard InChI is InChI=1S/C16H26N2O3/c1-11-7-12(5-6-14(11)19-2)13(8-17)18-9-15(20-3)16(10-18)21-4/h5-7,13,15-16H,8-10,17H2,1-4H3. The van der Waals surface area contributed by atoms with Gasteiger partial charge in [0.1, 0.15) is 5.75 Å². The Morgan fingerprint density at radius 2 is 1.81 bits per heavy atom. The first kappa shape index (κ1) is 16.2. The summed E-state index contributed by atoms with van der Waals surface area (Å²) in [5.74, 6) is 0.903. The van der Waals surface area contributed by atoms with Crippen molar-refractivity contribution in [3.05, 3.63) is 29.3 Å². The van der Waals surface area contributed by atoms with E-state index < -0.39 is 0 Å². The van der Waals surface area contributed by atoms with Gasteiger partial charge in [-0.15, -0.1) is 0 Å². The number of hydrogen-bond acceptors (Lipinski definition) is 5. The lowest BCUT2D eigenvalue weighted by Crippen LogP contribution is -2.33. The molecule has 0 amide bonds. The van der Waals surface area contributed by atoms with Gasteiger partial charge in [-0.05, 0) is 24.1 Å². The van der Waals surface area contributed by atoms with Crippen molar-refractivity contribution >= 4 is 0 Å². The topological polar surface area (TPSA) is 57.0 Å². The summed E-state index contributed by atoms with van der Waals surface area (Å²) in [6, 6.07) is 6.42. The van der Waals surface area contributed by atoms with E-state index in [4.69, 9.17) is 19.9 Å². The first-order chi connectivity index (χ1) is 10.1. The molecule has 0 aromatic heterocycles. The average molecular weight is 294 g/mol. The van der Waals surface area contributed by atoms with Crippen LogP contribution in [0.1, 0.15) is 17.2 Å². The van der Waals surface area contributed by atoms with E-state index in [-0.39, 0.29) is 18.2 Å². The van der Waals surface area contributed by atoms with E-state index in [9.17, 15) is 0 Å². The third-order valence-corrected chi connectivity index (χ3v) is 4.32. The van der Waals surface area contributed by atoms with Crippen LogP contribution in [0.25, 0.3) is 0 Å². The maximum Gasteiger partial charge on any atom is 0.121 e. The van der Waals surface area contributed by atoms with Gasteiger partial charge in [-0.2, -0.15) is 0 Å². The molecule has 1 fully saturated rings. The first-order valence-corrected chi connectivity index (χ1v) is 7.28. The molecule has 2 rings (SSSR count). The number of nitrogens with two attached hydrogens (primary N) is 1. The summed E-state index contributed by atoms with van der Waals surface area (Å²) in [6.07, 6.45) is 0.201. The van der Waals surface area contributed by atoms with Crippen molar-refractivity contribution in [2.24, 2.45) is 5.73 Å². The lowest BCUT2D eigenvalue weighted by atomic mass is 10.0. The lowest BCUT2D eigenvalue weighted by molar-refractivity contribution is -0.00461. The van der Waals surface area contributed by atoms with Crippen LogP contribution in [0.5, 0.6) is 5.75 Å². The average Bonchev–Trinajstić information content (AvgIpc) is 2.91. The number of rotatable bonds is 6. The summed E-state index contributed by atoms with van der Waals surface area (Å²) in [5.41, 5.74) is 8.36. The Hall–Kier alpha value is -1.14. The van der Waals surface area contributed by atoms with Crippen molar-refractivity contribution in [1.82, 2.24) is 4.90 Å². The van der Waals surface area contributed by atoms with Gasteiger partial charge in [0, 0.05) is 39.9 Å². The number of ether oxygens (including phenoxy) is 3. The van der Waals surface area contributed by atoms with Gasteiger partial charge in [-0.1, -0.05) is 12.1 Å². The van der Waals surface area contributed by atoms with Gasteiger partial charge in [-0.3, -0.25) is 4.90 Å². The van der Waals surface area contributed by atoms with E-state index in [2.05, 4.69) is 24.0 Å². The molecule has 1 saturated heterocycles. The zero-order chi connectivity index (χ0) is 15.4. The van der Waals surface area contributed by atoms with Gasteiger partial charge < -0.3 is 19.9 Å². The van der Waals surface area contributed by atoms with E-state index in [0.29, 0.717) is 6.54 Å². The molecule has 0 radical (unpaired) electrons. The highest BCUT2D eigenvalue weighted by atomic mass is 16.5. The third kappa shape index (κ3) is 3.37. The van der Waals surface area contributed by atoms with E-state index in [1.165, 1.54) is 5.56 Å². The summed E-state index contributed by atoms with van der Waals surface area (Å²) in [4.78, 5) is 2.34. The van der Waals surface area contributed by atoms with Crippen LogP contribution in [0.3, 0.4) is 0 Å². The molecular weight excluding hydrogens is 268 g/mol. The number of benzene rings is 1. The van der Waals surface area contributed by atoms with Crippen LogP contribution >= 0.6 is 0 Å². The molecule has 0 spiro atoms. The van der Waals surface area contributed by atoms with Gasteiger partial charge >= 0.3 is 0 Å². The zero-order valence-electron chi connectivity index (χ0n) is 13.3. The van der Waals surface area contributed by atoms with Crippen molar-refractivity contribution in [2.75, 3.05) is 41.0 Å². The summed E-state index contributed by atoms with van der Waals surface area (Å²) in [5, 5.41) is 0. The maximum absolute atomic E-state index is 6.02. The van der Waals surface area contributed by atoms with Crippen LogP contribution in [0.4, 0.5) is 0 Å². The second-order valence-corrected chi connectivity index (χ2v) is 5.48. The molecule has 5 heteroatoms. The van der Waals surface area contributed by atoms with Gasteiger partial charge in [0.05, 0.1) is 19.3 Å². The second kappa shape index (κ2) is 7.22. The van der Waals surface area contributed by atoms with Crippen LogP contribution in [-0.2, 0) is 9.47 Å². The summed E-state index contributed by atoms with van der Waals surface area (Å²) in [6.45, 7) is 4.29. The van der Waals surface area contributed by atoms with Gasteiger partial charge in [-0.25, -0.2) is 0 Å². The second-order valence-electron chi connectivity index (χ2n) is 5.48. The highest BCUT2D eigenvalue weighted by molar-refractivity contribution is 5.37. The predicted molar refractivity (Wildman–Crippen MR) is 82.7 cm³/mol. The van der Waals surface area contributed by atoms with Crippen molar-refractivity contribution in [3.8, 4) is 5.75 Å². The summed E-state index contributed by atoms with van der Waals surface area (Å²) >= 11 is 0. The minimum Gasteiger partial charge on any atom is -0.496 e. The highest BCUT2D eigenvalue weighted by Gasteiger charge is 2.36. The summed E-state index contributed by atoms with van der Waals surface area (Å²) < 4.78 is 16.3. The Morgan fingerprint density at radius 1 is 1.19 bits per heavy atom. The van der Waals surface area contributed by atoms with Crippen LogP contribution in [0, 0.1) is 6.92 Å². The van der Waals surface area contributed by atoms with Gasteiger partial charge in [0.2, 0.25) is 0 Å². The van der Waals surface area contributed by atoms with Crippen molar-refractivity contribution < 1.29 is 14.2 Å². The molecule has 0 aliphatic carbocycles. The third-order valence-electron chi connectivity index (χ3n) is 4.32. The number of likely N-dealkylation sites (tertiary alicyclic amines) is 1. The van der Waals surface area contributed by atoms with Crippen LogP contribution < -0.4 is 10.5 Å². The molecular formula is C16H26N2O3. The molecule has 1 aromatic rings. The fourth-order valence-electron chi connectivity index (χ4n) is 3.08. The molecule has 1 heterocycles. The number of methoxy groups -OCH3 is 3. The Labute approximate surface area is 127 Å². The van der Waals surface area contributed by atoms with E-state index in [1.807, 2.05) is 6.07 Å². The fraction of sp³-hybridized carbons (Fsp3) is 0.625. The Morgan fingerprint density at radius 3 is 2.24 bits per heavy atom. The van der Waals surface area contributed by atoms with E-state index >= 15 is 0 Å². The molecule has 3 atom stereocenters. The molecule has 1 aliphatic heterocycles. The molecule has 0 bridgehead atoms. The Bertz CT molecular complexity index is 455. The van der Waals surface area contributed by atoms with Gasteiger partial charge in [0.25, 0.3) is 0 Å². The molecule has 2 N–H and O–H groups in total. The molecule has 1 aliphatic rings. The number of hydrogen-bond donors (Lipinski definition) is 1. The lowest BCUT2D eigenvalue weighted by Gasteiger charge is -2.27. The molecule has 0 saturated carbocycles. The Balaban J connectivity index is 2.18. The van der Waals surface area contributed by atoms with Crippen molar-refractivity contribution in [2.45, 2.75) is 25.2 Å². The molecule has 1 aromatic carbocycles. The highest BCUT2D eigenvalue weighted by Crippen LogP contribution is 2.29. The Kier molecular flexibility index (Phi) is 5.58. The van der Waals surface area contributed by atoms with Crippen molar-refractivity contribution in [1.29, 1.82) is 0 Å². The van der Waals surface area contributed by atoms with E-state index in [0.717, 1.165) is 24.4 Å². The number of nitrogens with zero attached hydrogens (tertiary/aromatic N) is 1. The van der Waals surface area contributed by atoms with Crippen LogP contribution in [-0.4, -0.2) is 58.1 Å². The molecule has 3 unspecified atom stereocenters. The van der Waals surface area contributed by atoms with Crippen LogP contribution in [0.2, 0.25) is 0 Å². The molecule has 118 valence electrons. The SMILES string of the molecule is COc1ccc(C(CN)N2CC(OC)C(OC)C2)cc1C. The first-order valence-electron chi connectivity index (χ1n) is 7.28. The van der Waals surface area contributed by atoms with Gasteiger partial charge in [0.15, 0.2) is 0 Å². The van der Waals surface area contributed by atoms with E-state index in [1.54, 1.807) is 21.3 Å². The van der Waals surface area contributed by atoms with Crippen molar-refractivity contribution in [3.63, 3.8) is 0 Å². The normalized spacial score (nSPS) is 24.2. The number of aryl methyl sites for hydroxylation is 1. The molecule has 21 heavy (non-hydrogen) atoms. The largest absolute Gasteiger partial charge is 0.496 e. The molecule has 5 nitrogen and oxygen atoms in total. The maximum atomic E-state index is 6.02. The minimum absolute atomic E-state index is 0.100. The quantitative estimate of drug-likeness (QED) is 0.858. The zero-order valence-corrected chi connectivity index (χ0v) is 13.3. The van der Waals surface area contributed by atoms with Crippen LogP contribution in [0.15, 0.2) is 18.2 Å². The monoisotopic (exact) mass is 294 g/mol. The minimum atomic E-state index is 0.100. The predicted octanol–water partition coefficient (Wildman–Crippen LogP) is 1.35. The summed E-state index contributed by atoms with van der Waals surface area (Å²) in [7, 11) is 5.15.